The summed E-state index contributed by atoms with van der Waals surface area (Å²) in [5, 5.41) is 4.17. The number of aromatic nitrogens is 1. The zero-order valence-corrected chi connectivity index (χ0v) is 9.29. The highest BCUT2D eigenvalue weighted by Gasteiger charge is 2.19. The van der Waals surface area contributed by atoms with Crippen molar-refractivity contribution in [3.8, 4) is 0 Å². The Bertz CT molecular complexity index is 614. The SMILES string of the molecule is O=c1[nH]c2cc(F)ccc2cc1C1CCCN1. The second kappa shape index (κ2) is 3.96. The second-order valence-electron chi connectivity index (χ2n) is 4.43. The van der Waals surface area contributed by atoms with Crippen molar-refractivity contribution in [3.63, 3.8) is 0 Å². The fourth-order valence-corrected chi connectivity index (χ4v) is 2.40. The first kappa shape index (κ1) is 10.5. The summed E-state index contributed by atoms with van der Waals surface area (Å²) >= 11 is 0. The van der Waals surface area contributed by atoms with Crippen molar-refractivity contribution in [2.24, 2.45) is 0 Å². The molecule has 1 aliphatic heterocycles. The van der Waals surface area contributed by atoms with Gasteiger partial charge in [-0.05, 0) is 49.0 Å². The van der Waals surface area contributed by atoms with Crippen LogP contribution in [0.1, 0.15) is 24.4 Å². The molecule has 0 aliphatic carbocycles. The Morgan fingerprint density at radius 1 is 1.29 bits per heavy atom. The number of hydrogen-bond donors (Lipinski definition) is 2. The number of halogens is 1. The third-order valence-electron chi connectivity index (χ3n) is 3.27. The summed E-state index contributed by atoms with van der Waals surface area (Å²) in [5.41, 5.74) is 1.18. The van der Waals surface area contributed by atoms with Crippen LogP contribution in [0.5, 0.6) is 0 Å². The van der Waals surface area contributed by atoms with Gasteiger partial charge in [-0.2, -0.15) is 0 Å². The van der Waals surface area contributed by atoms with Gasteiger partial charge in [-0.25, -0.2) is 4.39 Å². The maximum atomic E-state index is 13.0. The van der Waals surface area contributed by atoms with E-state index in [-0.39, 0.29) is 17.4 Å². The minimum atomic E-state index is -0.333. The quantitative estimate of drug-likeness (QED) is 0.790. The van der Waals surface area contributed by atoms with Gasteiger partial charge in [0.2, 0.25) is 0 Å². The van der Waals surface area contributed by atoms with Crippen LogP contribution in [0.4, 0.5) is 4.39 Å². The van der Waals surface area contributed by atoms with Gasteiger partial charge in [0.25, 0.3) is 5.56 Å². The van der Waals surface area contributed by atoms with Gasteiger partial charge in [0.15, 0.2) is 0 Å². The lowest BCUT2D eigenvalue weighted by molar-refractivity contribution is 0.628. The van der Waals surface area contributed by atoms with Gasteiger partial charge in [0.1, 0.15) is 5.82 Å². The molecular weight excluding hydrogens is 219 g/mol. The minimum absolute atomic E-state index is 0.123. The van der Waals surface area contributed by atoms with Crippen molar-refractivity contribution in [3.05, 3.63) is 46.0 Å². The molecule has 4 heteroatoms. The van der Waals surface area contributed by atoms with Crippen molar-refractivity contribution in [2.45, 2.75) is 18.9 Å². The highest BCUT2D eigenvalue weighted by molar-refractivity contribution is 5.79. The van der Waals surface area contributed by atoms with Gasteiger partial charge in [-0.3, -0.25) is 4.79 Å². The van der Waals surface area contributed by atoms with Gasteiger partial charge < -0.3 is 10.3 Å². The molecule has 3 rings (SSSR count). The number of fused-ring (bicyclic) bond motifs is 1. The standard InChI is InChI=1S/C13H13FN2O/c14-9-4-3-8-6-10(11-2-1-5-15-11)13(17)16-12(8)7-9/h3-4,6-7,11,15H,1-2,5H2,(H,16,17). The lowest BCUT2D eigenvalue weighted by atomic mass is 10.0. The molecule has 0 amide bonds. The molecule has 0 spiro atoms. The lowest BCUT2D eigenvalue weighted by Crippen LogP contribution is -2.22. The predicted octanol–water partition coefficient (Wildman–Crippen LogP) is 2.09. The number of nitrogens with one attached hydrogen (secondary N) is 2. The zero-order valence-electron chi connectivity index (χ0n) is 9.29. The largest absolute Gasteiger partial charge is 0.322 e. The monoisotopic (exact) mass is 232 g/mol. The topological polar surface area (TPSA) is 44.9 Å². The third kappa shape index (κ3) is 1.85. The maximum Gasteiger partial charge on any atom is 0.253 e. The first-order valence-corrected chi connectivity index (χ1v) is 5.80. The number of rotatable bonds is 1. The number of hydrogen-bond acceptors (Lipinski definition) is 2. The molecule has 1 atom stereocenters. The fourth-order valence-electron chi connectivity index (χ4n) is 2.40. The van der Waals surface area contributed by atoms with Crippen LogP contribution < -0.4 is 10.9 Å². The summed E-state index contributed by atoms with van der Waals surface area (Å²) < 4.78 is 13.0. The third-order valence-corrected chi connectivity index (χ3v) is 3.27. The summed E-state index contributed by atoms with van der Waals surface area (Å²) in [6.07, 6.45) is 2.07. The van der Waals surface area contributed by atoms with Gasteiger partial charge in [0.05, 0.1) is 5.52 Å². The van der Waals surface area contributed by atoms with E-state index in [9.17, 15) is 9.18 Å². The summed E-state index contributed by atoms with van der Waals surface area (Å²) in [4.78, 5) is 14.7. The molecule has 2 heterocycles. The molecule has 1 unspecified atom stereocenters. The van der Waals surface area contributed by atoms with Crippen LogP contribution in [0.3, 0.4) is 0 Å². The summed E-state index contributed by atoms with van der Waals surface area (Å²) in [5.74, 6) is -0.333. The number of pyridine rings is 1. The smallest absolute Gasteiger partial charge is 0.253 e. The normalized spacial score (nSPS) is 19.9. The Labute approximate surface area is 97.7 Å². The van der Waals surface area contributed by atoms with Gasteiger partial charge in [-0.1, -0.05) is 0 Å². The van der Waals surface area contributed by atoms with E-state index in [1.807, 2.05) is 6.07 Å². The fraction of sp³-hybridized carbons (Fsp3) is 0.308. The molecule has 17 heavy (non-hydrogen) atoms. The number of benzene rings is 1. The molecule has 1 fully saturated rings. The van der Waals surface area contributed by atoms with Crippen LogP contribution in [0.25, 0.3) is 10.9 Å². The highest BCUT2D eigenvalue weighted by Crippen LogP contribution is 2.22. The first-order valence-electron chi connectivity index (χ1n) is 5.80. The molecule has 88 valence electrons. The first-order chi connectivity index (χ1) is 8.24. The van der Waals surface area contributed by atoms with E-state index in [1.54, 1.807) is 6.07 Å². The molecule has 1 aliphatic rings. The molecule has 0 radical (unpaired) electrons. The summed E-state index contributed by atoms with van der Waals surface area (Å²) in [6, 6.07) is 6.44. The summed E-state index contributed by atoms with van der Waals surface area (Å²) in [6.45, 7) is 0.950. The molecule has 0 bridgehead atoms. The van der Waals surface area contributed by atoms with E-state index in [1.165, 1.54) is 12.1 Å². The van der Waals surface area contributed by atoms with Crippen LogP contribution in [0, 0.1) is 5.82 Å². The second-order valence-corrected chi connectivity index (χ2v) is 4.43. The lowest BCUT2D eigenvalue weighted by Gasteiger charge is -2.10. The summed E-state index contributed by atoms with van der Waals surface area (Å²) in [7, 11) is 0. The Kier molecular flexibility index (Phi) is 2.44. The number of H-pyrrole nitrogens is 1. The predicted molar refractivity (Wildman–Crippen MR) is 64.5 cm³/mol. The zero-order chi connectivity index (χ0) is 11.8. The number of aromatic amines is 1. The van der Waals surface area contributed by atoms with Crippen molar-refractivity contribution in [1.82, 2.24) is 10.3 Å². The van der Waals surface area contributed by atoms with Crippen LogP contribution >= 0.6 is 0 Å². The molecule has 1 saturated heterocycles. The highest BCUT2D eigenvalue weighted by atomic mass is 19.1. The van der Waals surface area contributed by atoms with Gasteiger partial charge in [-0.15, -0.1) is 0 Å². The average Bonchev–Trinajstić information content (AvgIpc) is 2.81. The molecule has 2 aromatic rings. The Hall–Kier alpha value is -1.68. The van der Waals surface area contributed by atoms with Crippen molar-refractivity contribution in [1.29, 1.82) is 0 Å². The van der Waals surface area contributed by atoms with Gasteiger partial charge in [0, 0.05) is 11.6 Å². The van der Waals surface area contributed by atoms with Crippen LogP contribution in [-0.4, -0.2) is 11.5 Å². The molecule has 2 N–H and O–H groups in total. The van der Waals surface area contributed by atoms with E-state index in [2.05, 4.69) is 10.3 Å². The molecule has 3 nitrogen and oxygen atoms in total. The minimum Gasteiger partial charge on any atom is -0.322 e. The van der Waals surface area contributed by atoms with E-state index in [0.717, 1.165) is 30.3 Å². The van der Waals surface area contributed by atoms with Crippen LogP contribution in [-0.2, 0) is 0 Å². The Morgan fingerprint density at radius 3 is 2.94 bits per heavy atom. The van der Waals surface area contributed by atoms with Gasteiger partial charge >= 0.3 is 0 Å². The molecular formula is C13H13FN2O. The van der Waals surface area contributed by atoms with Crippen molar-refractivity contribution >= 4 is 10.9 Å². The Balaban J connectivity index is 2.16. The average molecular weight is 232 g/mol. The Morgan fingerprint density at radius 2 is 2.18 bits per heavy atom. The van der Waals surface area contributed by atoms with E-state index >= 15 is 0 Å². The van der Waals surface area contributed by atoms with Crippen molar-refractivity contribution in [2.75, 3.05) is 6.54 Å². The molecule has 1 aromatic carbocycles. The van der Waals surface area contributed by atoms with E-state index < -0.39 is 0 Å². The van der Waals surface area contributed by atoms with Crippen LogP contribution in [0.2, 0.25) is 0 Å². The van der Waals surface area contributed by atoms with Crippen LogP contribution in [0.15, 0.2) is 29.1 Å². The maximum absolute atomic E-state index is 13.0. The van der Waals surface area contributed by atoms with Crippen molar-refractivity contribution < 1.29 is 4.39 Å². The van der Waals surface area contributed by atoms with E-state index in [0.29, 0.717) is 5.52 Å². The van der Waals surface area contributed by atoms with E-state index in [4.69, 9.17) is 0 Å². The molecule has 1 aromatic heterocycles. The molecule has 0 saturated carbocycles.